The number of amides is 2. The second-order valence-corrected chi connectivity index (χ2v) is 6.08. The number of nitrogens with zero attached hydrogens (tertiary/aromatic N) is 1. The number of nitrogens with one attached hydrogen (secondary N) is 3. The minimum absolute atomic E-state index is 0.0657. The number of benzene rings is 1. The Bertz CT molecular complexity index is 915. The molecule has 0 unspecified atom stereocenters. The Kier molecular flexibility index (Phi) is 6.66. The number of anilines is 2. The summed E-state index contributed by atoms with van der Waals surface area (Å²) in [5.74, 6) is -0.0626. The van der Waals surface area contributed by atoms with E-state index in [0.717, 1.165) is 11.8 Å². The van der Waals surface area contributed by atoms with Gasteiger partial charge in [0.25, 0.3) is 11.5 Å². The summed E-state index contributed by atoms with van der Waals surface area (Å²) >= 11 is 1.01. The molecule has 1 aromatic heterocycles. The summed E-state index contributed by atoms with van der Waals surface area (Å²) in [6, 6.07) is 4.56. The predicted molar refractivity (Wildman–Crippen MR) is 102 cm³/mol. The number of thioether (sulfide) groups is 1. The first-order valence-corrected chi connectivity index (χ1v) is 8.64. The number of ether oxygens (including phenoxy) is 2. The summed E-state index contributed by atoms with van der Waals surface area (Å²) in [5.41, 5.74) is 5.21. The Morgan fingerprint density at radius 3 is 2.56 bits per heavy atom. The summed E-state index contributed by atoms with van der Waals surface area (Å²) in [6.07, 6.45) is 0. The van der Waals surface area contributed by atoms with E-state index >= 15 is 0 Å². The van der Waals surface area contributed by atoms with Gasteiger partial charge in [0.1, 0.15) is 5.69 Å². The van der Waals surface area contributed by atoms with Crippen LogP contribution in [0.1, 0.15) is 10.4 Å². The van der Waals surface area contributed by atoms with Crippen LogP contribution in [-0.4, -0.2) is 48.8 Å². The number of methoxy groups -OCH3 is 2. The topological polar surface area (TPSA) is 148 Å². The van der Waals surface area contributed by atoms with Crippen molar-refractivity contribution in [3.8, 4) is 11.5 Å². The molecule has 1 heterocycles. The van der Waals surface area contributed by atoms with E-state index in [1.165, 1.54) is 33.4 Å². The van der Waals surface area contributed by atoms with E-state index in [9.17, 15) is 14.4 Å². The molecule has 0 aliphatic heterocycles. The van der Waals surface area contributed by atoms with E-state index < -0.39 is 11.5 Å². The molecule has 10 nitrogen and oxygen atoms in total. The van der Waals surface area contributed by atoms with Crippen LogP contribution in [0.5, 0.6) is 11.5 Å². The van der Waals surface area contributed by atoms with Crippen molar-refractivity contribution in [2.24, 2.45) is 0 Å². The predicted octanol–water partition coefficient (Wildman–Crippen LogP) is 0.460. The third kappa shape index (κ3) is 4.91. The van der Waals surface area contributed by atoms with Crippen LogP contribution in [0.4, 0.5) is 11.5 Å². The first-order chi connectivity index (χ1) is 12.9. The zero-order valence-corrected chi connectivity index (χ0v) is 15.7. The van der Waals surface area contributed by atoms with Crippen molar-refractivity contribution in [1.29, 1.82) is 0 Å². The van der Waals surface area contributed by atoms with Crippen LogP contribution in [0.25, 0.3) is 0 Å². The number of H-pyrrole nitrogens is 1. The SMILES string of the molecule is CNC(=O)CSc1nc(N)c(NC(=O)c2ccc(OC)c(OC)c2)c(=O)[nH]1. The van der Waals surface area contributed by atoms with Crippen molar-refractivity contribution in [3.63, 3.8) is 0 Å². The number of carbonyl (C=O) groups excluding carboxylic acids is 2. The minimum atomic E-state index is -0.629. The molecule has 27 heavy (non-hydrogen) atoms. The standard InChI is InChI=1S/C16H19N5O5S/c1-18-11(22)7-27-16-20-13(17)12(15(24)21-16)19-14(23)8-4-5-9(25-2)10(6-8)26-3/h4-6H,7H2,1-3H3,(H,18,22)(H,19,23)(H3,17,20,21,24). The van der Waals surface area contributed by atoms with Gasteiger partial charge in [0.05, 0.1) is 20.0 Å². The Morgan fingerprint density at radius 2 is 1.96 bits per heavy atom. The number of nitrogen functional groups attached to an aromatic ring is 1. The second-order valence-electron chi connectivity index (χ2n) is 5.12. The lowest BCUT2D eigenvalue weighted by Gasteiger charge is -2.11. The average molecular weight is 393 g/mol. The van der Waals surface area contributed by atoms with E-state index in [1.807, 2.05) is 0 Å². The van der Waals surface area contributed by atoms with E-state index in [0.29, 0.717) is 11.5 Å². The van der Waals surface area contributed by atoms with Crippen molar-refractivity contribution in [1.82, 2.24) is 15.3 Å². The lowest BCUT2D eigenvalue weighted by atomic mass is 10.2. The second kappa shape index (κ2) is 8.94. The normalized spacial score (nSPS) is 10.2. The number of hydrogen-bond acceptors (Lipinski definition) is 8. The van der Waals surface area contributed by atoms with Crippen LogP contribution in [-0.2, 0) is 4.79 Å². The number of rotatable bonds is 7. The molecule has 0 saturated heterocycles. The lowest BCUT2D eigenvalue weighted by Crippen LogP contribution is -2.24. The van der Waals surface area contributed by atoms with Crippen LogP contribution in [0, 0.1) is 0 Å². The Hall–Kier alpha value is -3.21. The van der Waals surface area contributed by atoms with Crippen LogP contribution in [0.2, 0.25) is 0 Å². The molecule has 0 aliphatic rings. The van der Waals surface area contributed by atoms with E-state index in [-0.39, 0.29) is 33.9 Å². The van der Waals surface area contributed by atoms with Gasteiger partial charge in [-0.15, -0.1) is 0 Å². The average Bonchev–Trinajstić information content (AvgIpc) is 2.67. The third-order valence-electron chi connectivity index (χ3n) is 3.43. The van der Waals surface area contributed by atoms with Crippen molar-refractivity contribution in [2.45, 2.75) is 5.16 Å². The zero-order valence-electron chi connectivity index (χ0n) is 14.9. The van der Waals surface area contributed by atoms with E-state index in [4.69, 9.17) is 15.2 Å². The molecule has 0 atom stereocenters. The monoisotopic (exact) mass is 393 g/mol. The minimum Gasteiger partial charge on any atom is -0.493 e. The van der Waals surface area contributed by atoms with Gasteiger partial charge in [-0.25, -0.2) is 4.98 Å². The van der Waals surface area contributed by atoms with E-state index in [2.05, 4.69) is 20.6 Å². The van der Waals surface area contributed by atoms with Gasteiger partial charge in [0.2, 0.25) is 5.91 Å². The number of nitrogens with two attached hydrogens (primary N) is 1. The maximum atomic E-state index is 12.4. The highest BCUT2D eigenvalue weighted by atomic mass is 32.2. The molecular weight excluding hydrogens is 374 g/mol. The first-order valence-electron chi connectivity index (χ1n) is 7.66. The molecule has 0 aliphatic carbocycles. The maximum Gasteiger partial charge on any atom is 0.277 e. The third-order valence-corrected chi connectivity index (χ3v) is 4.30. The smallest absolute Gasteiger partial charge is 0.277 e. The molecule has 0 radical (unpaired) electrons. The highest BCUT2D eigenvalue weighted by molar-refractivity contribution is 7.99. The Balaban J connectivity index is 2.20. The van der Waals surface area contributed by atoms with Crippen molar-refractivity contribution in [2.75, 3.05) is 38.1 Å². The molecule has 0 bridgehead atoms. The molecule has 0 fully saturated rings. The molecule has 2 rings (SSSR count). The molecular formula is C16H19N5O5S. The summed E-state index contributed by atoms with van der Waals surface area (Å²) in [4.78, 5) is 42.4. The fourth-order valence-electron chi connectivity index (χ4n) is 2.03. The van der Waals surface area contributed by atoms with Crippen molar-refractivity contribution in [3.05, 3.63) is 34.1 Å². The molecule has 144 valence electrons. The zero-order chi connectivity index (χ0) is 20.0. The molecule has 0 spiro atoms. The molecule has 2 amide bonds. The highest BCUT2D eigenvalue weighted by Gasteiger charge is 2.16. The largest absolute Gasteiger partial charge is 0.493 e. The fourth-order valence-corrected chi connectivity index (χ4v) is 2.77. The van der Waals surface area contributed by atoms with Crippen LogP contribution in [0.3, 0.4) is 0 Å². The number of hydrogen-bond donors (Lipinski definition) is 4. The fraction of sp³-hybridized carbons (Fsp3) is 0.250. The van der Waals surface area contributed by atoms with Crippen molar-refractivity contribution >= 4 is 35.1 Å². The van der Waals surface area contributed by atoms with Gasteiger partial charge < -0.3 is 25.8 Å². The number of aromatic nitrogens is 2. The van der Waals surface area contributed by atoms with Crippen LogP contribution < -0.4 is 31.4 Å². The molecule has 2 aromatic rings. The highest BCUT2D eigenvalue weighted by Crippen LogP contribution is 2.28. The maximum absolute atomic E-state index is 12.4. The van der Waals surface area contributed by atoms with Crippen LogP contribution in [0.15, 0.2) is 28.2 Å². The van der Waals surface area contributed by atoms with Gasteiger partial charge in [-0.05, 0) is 18.2 Å². The summed E-state index contributed by atoms with van der Waals surface area (Å²) < 4.78 is 10.3. The summed E-state index contributed by atoms with van der Waals surface area (Å²) in [7, 11) is 4.43. The molecule has 11 heteroatoms. The van der Waals surface area contributed by atoms with Crippen LogP contribution >= 0.6 is 11.8 Å². The Morgan fingerprint density at radius 1 is 1.26 bits per heavy atom. The molecule has 0 saturated carbocycles. The van der Waals surface area contributed by atoms with E-state index in [1.54, 1.807) is 6.07 Å². The molecule has 5 N–H and O–H groups in total. The van der Waals surface area contributed by atoms with Gasteiger partial charge in [0.15, 0.2) is 22.5 Å². The molecule has 1 aromatic carbocycles. The van der Waals surface area contributed by atoms with Gasteiger partial charge in [0, 0.05) is 12.6 Å². The number of aromatic amines is 1. The van der Waals surface area contributed by atoms with Crippen molar-refractivity contribution < 1.29 is 19.1 Å². The Labute approximate surface area is 158 Å². The number of carbonyl (C=O) groups is 2. The summed E-state index contributed by atoms with van der Waals surface area (Å²) in [6.45, 7) is 0. The summed E-state index contributed by atoms with van der Waals surface area (Å²) in [5, 5.41) is 5.05. The first kappa shape index (κ1) is 20.1. The lowest BCUT2D eigenvalue weighted by molar-refractivity contribution is -0.118. The van der Waals surface area contributed by atoms with Gasteiger partial charge >= 0.3 is 0 Å². The quantitative estimate of drug-likeness (QED) is 0.392. The van der Waals surface area contributed by atoms with Gasteiger partial charge in [-0.1, -0.05) is 11.8 Å². The van der Waals surface area contributed by atoms with Gasteiger partial charge in [-0.2, -0.15) is 0 Å². The van der Waals surface area contributed by atoms with Gasteiger partial charge in [-0.3, -0.25) is 19.4 Å².